The van der Waals surface area contributed by atoms with Gasteiger partial charge >= 0.3 is 0 Å². The minimum atomic E-state index is -0.486. The molecule has 0 spiro atoms. The van der Waals surface area contributed by atoms with Crippen LogP contribution < -0.4 is 0 Å². The first-order chi connectivity index (χ1) is 10.4. The summed E-state index contributed by atoms with van der Waals surface area (Å²) in [5.41, 5.74) is 0.149. The van der Waals surface area contributed by atoms with E-state index in [1.165, 1.54) is 5.06 Å². The fourth-order valence-electron chi connectivity index (χ4n) is 2.63. The fraction of sp³-hybridized carbons (Fsp3) is 0.529. The van der Waals surface area contributed by atoms with Gasteiger partial charge in [0.05, 0.1) is 5.60 Å². The van der Waals surface area contributed by atoms with Crippen molar-refractivity contribution in [2.24, 2.45) is 0 Å². The molecule has 1 aromatic carbocycles. The maximum Gasteiger partial charge on any atom is 0.255 e. The minimum Gasteiger partial charge on any atom is -0.316 e. The zero-order chi connectivity index (χ0) is 16.2. The van der Waals surface area contributed by atoms with Gasteiger partial charge in [-0.05, 0) is 52.2 Å². The number of nitrogens with zero attached hydrogens (tertiary/aromatic N) is 2. The summed E-state index contributed by atoms with van der Waals surface area (Å²) in [4.78, 5) is 31.6. The summed E-state index contributed by atoms with van der Waals surface area (Å²) in [6.07, 6.45) is 2.97. The SMILES string of the molecule is CC(C)(C)ON(C=O)C1CCCCN1C(=O)c1ccccc1. The highest BCUT2D eigenvalue weighted by atomic mass is 16.7. The van der Waals surface area contributed by atoms with Crippen molar-refractivity contribution in [2.45, 2.75) is 51.8 Å². The average molecular weight is 304 g/mol. The maximum atomic E-state index is 12.7. The summed E-state index contributed by atoms with van der Waals surface area (Å²) in [5, 5.41) is 1.29. The van der Waals surface area contributed by atoms with Crippen LogP contribution in [0.1, 0.15) is 50.4 Å². The molecule has 1 atom stereocenters. The van der Waals surface area contributed by atoms with E-state index in [4.69, 9.17) is 4.84 Å². The van der Waals surface area contributed by atoms with E-state index < -0.39 is 5.60 Å². The molecule has 0 N–H and O–H groups in total. The summed E-state index contributed by atoms with van der Waals surface area (Å²) in [6.45, 7) is 6.29. The highest BCUT2D eigenvalue weighted by molar-refractivity contribution is 5.94. The molecular weight excluding hydrogens is 280 g/mol. The third-order valence-electron chi connectivity index (χ3n) is 3.53. The van der Waals surface area contributed by atoms with Gasteiger partial charge in [-0.15, -0.1) is 0 Å². The number of carbonyl (C=O) groups excluding carboxylic acids is 2. The highest BCUT2D eigenvalue weighted by Crippen LogP contribution is 2.24. The van der Waals surface area contributed by atoms with Gasteiger partial charge in [0, 0.05) is 12.1 Å². The standard InChI is InChI=1S/C17H24N2O3/c1-17(2,3)22-19(13-20)15-11-7-8-12-18(15)16(21)14-9-5-4-6-10-14/h4-6,9-10,13,15H,7-8,11-12H2,1-3H3. The summed E-state index contributed by atoms with van der Waals surface area (Å²) in [5.74, 6) is -0.0605. The van der Waals surface area contributed by atoms with Gasteiger partial charge in [-0.1, -0.05) is 18.2 Å². The first-order valence-electron chi connectivity index (χ1n) is 7.71. The Bertz CT molecular complexity index is 510. The lowest BCUT2D eigenvalue weighted by Gasteiger charge is -2.42. The Balaban J connectivity index is 2.20. The molecule has 1 aliphatic heterocycles. The molecule has 1 aliphatic rings. The van der Waals surface area contributed by atoms with Gasteiger partial charge in [-0.2, -0.15) is 0 Å². The van der Waals surface area contributed by atoms with Crippen LogP contribution in [-0.4, -0.2) is 40.6 Å². The van der Waals surface area contributed by atoms with Gasteiger partial charge in [0.2, 0.25) is 6.41 Å². The zero-order valence-corrected chi connectivity index (χ0v) is 13.5. The molecule has 22 heavy (non-hydrogen) atoms. The number of hydrogen-bond acceptors (Lipinski definition) is 3. The van der Waals surface area contributed by atoms with E-state index in [-0.39, 0.29) is 12.1 Å². The monoisotopic (exact) mass is 304 g/mol. The second-order valence-corrected chi connectivity index (χ2v) is 6.51. The van der Waals surface area contributed by atoms with E-state index in [1.54, 1.807) is 17.0 Å². The summed E-state index contributed by atoms with van der Waals surface area (Å²) in [6, 6.07) is 9.16. The summed E-state index contributed by atoms with van der Waals surface area (Å²) >= 11 is 0. The van der Waals surface area contributed by atoms with E-state index in [9.17, 15) is 9.59 Å². The Hall–Kier alpha value is -1.88. The molecule has 5 nitrogen and oxygen atoms in total. The van der Waals surface area contributed by atoms with E-state index in [1.807, 2.05) is 39.0 Å². The molecule has 0 aliphatic carbocycles. The molecule has 0 radical (unpaired) electrons. The number of likely N-dealkylation sites (tertiary alicyclic amines) is 1. The quantitative estimate of drug-likeness (QED) is 0.635. The van der Waals surface area contributed by atoms with Crippen LogP contribution >= 0.6 is 0 Å². The first-order valence-corrected chi connectivity index (χ1v) is 7.71. The predicted molar refractivity (Wildman–Crippen MR) is 83.9 cm³/mol. The number of amides is 2. The third kappa shape index (κ3) is 4.07. The molecule has 0 bridgehead atoms. The summed E-state index contributed by atoms with van der Waals surface area (Å²) < 4.78 is 0. The minimum absolute atomic E-state index is 0.0605. The third-order valence-corrected chi connectivity index (χ3v) is 3.53. The van der Waals surface area contributed by atoms with Crippen LogP contribution in [0.15, 0.2) is 30.3 Å². The first kappa shape index (κ1) is 16.5. The van der Waals surface area contributed by atoms with Crippen molar-refractivity contribution in [2.75, 3.05) is 6.54 Å². The van der Waals surface area contributed by atoms with Crippen LogP contribution in [-0.2, 0) is 9.63 Å². The number of carbonyl (C=O) groups is 2. The molecule has 1 fully saturated rings. The van der Waals surface area contributed by atoms with Crippen LogP contribution in [0.5, 0.6) is 0 Å². The van der Waals surface area contributed by atoms with Gasteiger partial charge in [-0.25, -0.2) is 5.06 Å². The number of piperidine rings is 1. The Labute approximate surface area is 131 Å². The second-order valence-electron chi connectivity index (χ2n) is 6.51. The number of hydroxylamine groups is 2. The Morgan fingerprint density at radius 3 is 2.55 bits per heavy atom. The van der Waals surface area contributed by atoms with Gasteiger partial charge in [-0.3, -0.25) is 14.4 Å². The molecule has 5 heteroatoms. The zero-order valence-electron chi connectivity index (χ0n) is 13.5. The van der Waals surface area contributed by atoms with E-state index >= 15 is 0 Å². The molecule has 0 saturated carbocycles. The van der Waals surface area contributed by atoms with Crippen LogP contribution in [0.2, 0.25) is 0 Å². The largest absolute Gasteiger partial charge is 0.316 e. The molecule has 1 heterocycles. The lowest BCUT2D eigenvalue weighted by atomic mass is 10.1. The van der Waals surface area contributed by atoms with Crippen LogP contribution in [0.3, 0.4) is 0 Å². The van der Waals surface area contributed by atoms with Gasteiger partial charge < -0.3 is 4.90 Å². The normalized spacial score (nSPS) is 18.9. The fourth-order valence-corrected chi connectivity index (χ4v) is 2.63. The van der Waals surface area contributed by atoms with Crippen molar-refractivity contribution in [3.63, 3.8) is 0 Å². The Morgan fingerprint density at radius 2 is 1.95 bits per heavy atom. The van der Waals surface area contributed by atoms with Crippen molar-refractivity contribution in [3.05, 3.63) is 35.9 Å². The van der Waals surface area contributed by atoms with Crippen molar-refractivity contribution in [1.29, 1.82) is 0 Å². The van der Waals surface area contributed by atoms with Gasteiger partial charge in [0.1, 0.15) is 6.17 Å². The number of benzene rings is 1. The maximum absolute atomic E-state index is 12.7. The molecule has 2 amide bonds. The molecule has 120 valence electrons. The van der Waals surface area contributed by atoms with Gasteiger partial charge in [0.15, 0.2) is 0 Å². The molecule has 0 aromatic heterocycles. The van der Waals surface area contributed by atoms with Crippen LogP contribution in [0, 0.1) is 0 Å². The average Bonchev–Trinajstić information content (AvgIpc) is 2.52. The van der Waals surface area contributed by atoms with Crippen molar-refractivity contribution in [1.82, 2.24) is 9.96 Å². The molecule has 1 aromatic rings. The highest BCUT2D eigenvalue weighted by Gasteiger charge is 2.34. The van der Waals surface area contributed by atoms with Crippen LogP contribution in [0.25, 0.3) is 0 Å². The lowest BCUT2D eigenvalue weighted by Crippen LogP contribution is -2.54. The Kier molecular flexibility index (Phi) is 5.19. The molecule has 1 unspecified atom stereocenters. The lowest BCUT2D eigenvalue weighted by molar-refractivity contribution is -0.251. The number of rotatable bonds is 4. The smallest absolute Gasteiger partial charge is 0.255 e. The van der Waals surface area contributed by atoms with Crippen LogP contribution in [0.4, 0.5) is 0 Å². The Morgan fingerprint density at radius 1 is 1.27 bits per heavy atom. The van der Waals surface area contributed by atoms with Crippen molar-refractivity contribution < 1.29 is 14.4 Å². The molecule has 1 saturated heterocycles. The van der Waals surface area contributed by atoms with E-state index in [2.05, 4.69) is 0 Å². The predicted octanol–water partition coefficient (Wildman–Crippen LogP) is 2.83. The molecular formula is C17H24N2O3. The van der Waals surface area contributed by atoms with Gasteiger partial charge in [0.25, 0.3) is 5.91 Å². The van der Waals surface area contributed by atoms with Crippen molar-refractivity contribution in [3.8, 4) is 0 Å². The molecule has 2 rings (SSSR count). The number of hydrogen-bond donors (Lipinski definition) is 0. The summed E-state index contributed by atoms with van der Waals surface area (Å²) in [7, 11) is 0. The van der Waals surface area contributed by atoms with E-state index in [0.29, 0.717) is 18.5 Å². The topological polar surface area (TPSA) is 49.9 Å². The van der Waals surface area contributed by atoms with E-state index in [0.717, 1.165) is 19.3 Å². The second kappa shape index (κ2) is 6.92. The van der Waals surface area contributed by atoms with Crippen molar-refractivity contribution >= 4 is 12.3 Å².